The summed E-state index contributed by atoms with van der Waals surface area (Å²) in [7, 11) is 0.0651. The number of hydrogen-bond donors (Lipinski definition) is 1. The number of nitrogens with zero attached hydrogens (tertiary/aromatic N) is 2. The van der Waals surface area contributed by atoms with Gasteiger partial charge in [0.15, 0.2) is 0 Å². The number of carbonyl (C=O) groups is 1. The summed E-state index contributed by atoms with van der Waals surface area (Å²) < 4.78 is 25.6. The number of amides is 1. The van der Waals surface area contributed by atoms with Gasteiger partial charge in [-0.2, -0.15) is 0 Å². The van der Waals surface area contributed by atoms with Crippen molar-refractivity contribution in [2.24, 2.45) is 0 Å². The fourth-order valence-electron chi connectivity index (χ4n) is 2.66. The van der Waals surface area contributed by atoms with E-state index < -0.39 is 10.0 Å². The van der Waals surface area contributed by atoms with E-state index in [1.807, 2.05) is 4.90 Å². The van der Waals surface area contributed by atoms with Crippen LogP contribution in [-0.2, 0) is 21.2 Å². The first-order chi connectivity index (χ1) is 10.9. The number of carbonyl (C=O) groups excluding carboxylic acids is 1. The lowest BCUT2D eigenvalue weighted by Crippen LogP contribution is -2.34. The van der Waals surface area contributed by atoms with Crippen LogP contribution in [0.25, 0.3) is 0 Å². The van der Waals surface area contributed by atoms with Gasteiger partial charge in [-0.05, 0) is 51.2 Å². The van der Waals surface area contributed by atoms with E-state index in [0.717, 1.165) is 38.2 Å². The van der Waals surface area contributed by atoms with Crippen molar-refractivity contribution in [3.05, 3.63) is 29.8 Å². The molecule has 0 unspecified atom stereocenters. The van der Waals surface area contributed by atoms with Crippen molar-refractivity contribution in [2.75, 3.05) is 40.3 Å². The molecule has 1 N–H and O–H groups in total. The van der Waals surface area contributed by atoms with Gasteiger partial charge >= 0.3 is 0 Å². The zero-order valence-corrected chi connectivity index (χ0v) is 14.6. The van der Waals surface area contributed by atoms with Crippen LogP contribution in [0.4, 0.5) is 0 Å². The van der Waals surface area contributed by atoms with Gasteiger partial charge in [-0.25, -0.2) is 13.1 Å². The first kappa shape index (κ1) is 17.9. The minimum atomic E-state index is -3.40. The van der Waals surface area contributed by atoms with E-state index in [-0.39, 0.29) is 10.8 Å². The minimum absolute atomic E-state index is 0.173. The van der Waals surface area contributed by atoms with Gasteiger partial charge < -0.3 is 9.80 Å². The van der Waals surface area contributed by atoms with Crippen molar-refractivity contribution in [2.45, 2.75) is 24.2 Å². The van der Waals surface area contributed by atoms with Crippen LogP contribution in [0.2, 0.25) is 0 Å². The van der Waals surface area contributed by atoms with Gasteiger partial charge in [0.1, 0.15) is 0 Å². The number of benzene rings is 1. The van der Waals surface area contributed by atoms with Crippen molar-refractivity contribution in [3.63, 3.8) is 0 Å². The summed E-state index contributed by atoms with van der Waals surface area (Å²) in [5, 5.41) is 0. The first-order valence-corrected chi connectivity index (χ1v) is 9.39. The second kappa shape index (κ2) is 7.90. The van der Waals surface area contributed by atoms with Crippen LogP contribution in [0.1, 0.15) is 18.4 Å². The van der Waals surface area contributed by atoms with Crippen LogP contribution in [0.5, 0.6) is 0 Å². The summed E-state index contributed by atoms with van der Waals surface area (Å²) in [5.74, 6) is 0.173. The highest BCUT2D eigenvalue weighted by atomic mass is 32.2. The number of aryl methyl sites for hydroxylation is 1. The van der Waals surface area contributed by atoms with Gasteiger partial charge in [-0.15, -0.1) is 0 Å². The second-order valence-electron chi connectivity index (χ2n) is 5.89. The standard InChI is InChI=1S/C16H25N3O3S/c1-17-23(21,22)15-7-4-14(5-8-15)6-9-16(20)19-11-3-10-18(2)12-13-19/h4-5,7-8,17H,3,6,9-13H2,1-2H3. The molecule has 6 nitrogen and oxygen atoms in total. The molecule has 0 aromatic heterocycles. The molecule has 1 aromatic carbocycles. The monoisotopic (exact) mass is 339 g/mol. The van der Waals surface area contributed by atoms with E-state index in [1.165, 1.54) is 7.05 Å². The molecule has 1 amide bonds. The van der Waals surface area contributed by atoms with Crippen molar-refractivity contribution in [3.8, 4) is 0 Å². The lowest BCUT2D eigenvalue weighted by atomic mass is 10.1. The molecule has 2 rings (SSSR count). The lowest BCUT2D eigenvalue weighted by Gasteiger charge is -2.20. The zero-order valence-electron chi connectivity index (χ0n) is 13.8. The first-order valence-electron chi connectivity index (χ1n) is 7.91. The van der Waals surface area contributed by atoms with Crippen LogP contribution in [0, 0.1) is 0 Å². The van der Waals surface area contributed by atoms with E-state index in [2.05, 4.69) is 16.7 Å². The molecule has 7 heteroatoms. The fraction of sp³-hybridized carbons (Fsp3) is 0.562. The molecule has 1 fully saturated rings. The maximum Gasteiger partial charge on any atom is 0.240 e. The van der Waals surface area contributed by atoms with Crippen molar-refractivity contribution in [1.29, 1.82) is 0 Å². The molecule has 128 valence electrons. The Balaban J connectivity index is 1.89. The third-order valence-corrected chi connectivity index (χ3v) is 5.63. The second-order valence-corrected chi connectivity index (χ2v) is 7.78. The summed E-state index contributed by atoms with van der Waals surface area (Å²) >= 11 is 0. The summed E-state index contributed by atoms with van der Waals surface area (Å²) in [4.78, 5) is 16.7. The summed E-state index contributed by atoms with van der Waals surface area (Å²) in [5.41, 5.74) is 0.973. The molecule has 1 aliphatic heterocycles. The van der Waals surface area contributed by atoms with Gasteiger partial charge in [-0.1, -0.05) is 12.1 Å². The minimum Gasteiger partial charge on any atom is -0.341 e. The molecule has 0 bridgehead atoms. The van der Waals surface area contributed by atoms with E-state index in [4.69, 9.17) is 0 Å². The molecule has 0 spiro atoms. The van der Waals surface area contributed by atoms with Crippen molar-refractivity contribution < 1.29 is 13.2 Å². The average Bonchev–Trinajstić information content (AvgIpc) is 2.77. The molecule has 0 radical (unpaired) electrons. The Morgan fingerprint density at radius 1 is 1.13 bits per heavy atom. The largest absolute Gasteiger partial charge is 0.341 e. The smallest absolute Gasteiger partial charge is 0.240 e. The van der Waals surface area contributed by atoms with E-state index in [9.17, 15) is 13.2 Å². The Morgan fingerprint density at radius 2 is 1.83 bits per heavy atom. The van der Waals surface area contributed by atoms with Crippen LogP contribution in [0.15, 0.2) is 29.2 Å². The van der Waals surface area contributed by atoms with E-state index in [0.29, 0.717) is 12.8 Å². The van der Waals surface area contributed by atoms with Crippen LogP contribution in [0.3, 0.4) is 0 Å². The molecule has 1 heterocycles. The molecule has 1 saturated heterocycles. The predicted octanol–water partition coefficient (Wildman–Crippen LogP) is 0.691. The molecule has 23 heavy (non-hydrogen) atoms. The third-order valence-electron chi connectivity index (χ3n) is 4.20. The highest BCUT2D eigenvalue weighted by Crippen LogP contribution is 2.12. The number of hydrogen-bond acceptors (Lipinski definition) is 4. The number of nitrogens with one attached hydrogen (secondary N) is 1. The maximum absolute atomic E-state index is 12.3. The molecular formula is C16H25N3O3S. The van der Waals surface area contributed by atoms with Gasteiger partial charge in [0.2, 0.25) is 15.9 Å². The SMILES string of the molecule is CNS(=O)(=O)c1ccc(CCC(=O)N2CCCN(C)CC2)cc1. The highest BCUT2D eigenvalue weighted by Gasteiger charge is 2.17. The van der Waals surface area contributed by atoms with Gasteiger partial charge in [0, 0.05) is 26.1 Å². The van der Waals surface area contributed by atoms with E-state index >= 15 is 0 Å². The zero-order chi connectivity index (χ0) is 16.9. The van der Waals surface area contributed by atoms with Crippen molar-refractivity contribution in [1.82, 2.24) is 14.5 Å². The number of likely N-dealkylation sites (N-methyl/N-ethyl adjacent to an activating group) is 1. The maximum atomic E-state index is 12.3. The quantitative estimate of drug-likeness (QED) is 0.857. The molecule has 1 aromatic rings. The Morgan fingerprint density at radius 3 is 2.48 bits per heavy atom. The summed E-state index contributed by atoms with van der Waals surface area (Å²) in [6.45, 7) is 3.56. The Kier molecular flexibility index (Phi) is 6.15. The molecule has 0 aliphatic carbocycles. The van der Waals surface area contributed by atoms with Crippen molar-refractivity contribution >= 4 is 15.9 Å². The molecule has 0 atom stereocenters. The average molecular weight is 339 g/mol. The Labute approximate surface area is 138 Å². The van der Waals surface area contributed by atoms with E-state index in [1.54, 1.807) is 24.3 Å². The molecule has 1 aliphatic rings. The van der Waals surface area contributed by atoms with Crippen LogP contribution < -0.4 is 4.72 Å². The predicted molar refractivity (Wildman–Crippen MR) is 89.7 cm³/mol. The van der Waals surface area contributed by atoms with Crippen LogP contribution in [-0.4, -0.2) is 64.4 Å². The van der Waals surface area contributed by atoms with Crippen LogP contribution >= 0.6 is 0 Å². The number of sulfonamides is 1. The summed E-state index contributed by atoms with van der Waals surface area (Å²) in [6.07, 6.45) is 2.10. The lowest BCUT2D eigenvalue weighted by molar-refractivity contribution is -0.131. The Hall–Kier alpha value is -1.44. The fourth-order valence-corrected chi connectivity index (χ4v) is 3.39. The summed E-state index contributed by atoms with van der Waals surface area (Å²) in [6, 6.07) is 6.69. The topological polar surface area (TPSA) is 69.7 Å². The normalized spacial score (nSPS) is 17.0. The third kappa shape index (κ3) is 5.02. The van der Waals surface area contributed by atoms with Gasteiger partial charge in [0.25, 0.3) is 0 Å². The highest BCUT2D eigenvalue weighted by molar-refractivity contribution is 7.89. The Bertz CT molecular complexity index is 628. The molecule has 0 saturated carbocycles. The van der Waals surface area contributed by atoms with Gasteiger partial charge in [-0.3, -0.25) is 4.79 Å². The molecular weight excluding hydrogens is 314 g/mol. The number of rotatable bonds is 5. The van der Waals surface area contributed by atoms with Gasteiger partial charge in [0.05, 0.1) is 4.90 Å².